The van der Waals surface area contributed by atoms with Gasteiger partial charge in [-0.2, -0.15) is 14.1 Å². The predicted octanol–water partition coefficient (Wildman–Crippen LogP) is 2.01. The van der Waals surface area contributed by atoms with Crippen LogP contribution in [0.5, 0.6) is 6.01 Å². The molecule has 0 bridgehead atoms. The van der Waals surface area contributed by atoms with Crippen molar-refractivity contribution >= 4 is 18.5 Å². The predicted molar refractivity (Wildman–Crippen MR) is 72.8 cm³/mol. The zero-order valence-electron chi connectivity index (χ0n) is 11.0. The maximum atomic E-state index is 13.1. The zero-order chi connectivity index (χ0) is 14.8. The topological polar surface area (TPSA) is 71.3 Å². The lowest BCUT2D eigenvalue weighted by atomic mass is 10.4. The van der Waals surface area contributed by atoms with Gasteiger partial charge in [-0.05, 0) is 19.1 Å². The van der Waals surface area contributed by atoms with Gasteiger partial charge in [0.1, 0.15) is 5.82 Å². The SMILES string of the molecule is COP(=S)(OC)Oc1nc(C)n(-c2cccc(F)n2)n1. The number of nitrogens with zero attached hydrogens (tertiary/aromatic N) is 4. The summed E-state index contributed by atoms with van der Waals surface area (Å²) >= 11 is 5.06. The number of rotatable bonds is 5. The Kier molecular flexibility index (Phi) is 4.44. The molecule has 2 aromatic heterocycles. The highest BCUT2D eigenvalue weighted by atomic mass is 32.5. The Hall–Kier alpha value is -1.41. The molecule has 0 N–H and O–H groups in total. The zero-order valence-corrected chi connectivity index (χ0v) is 12.7. The number of hydrogen-bond donors (Lipinski definition) is 0. The van der Waals surface area contributed by atoms with Crippen LogP contribution in [-0.2, 0) is 20.9 Å². The molecular formula is C10H12FN4O3PS. The highest BCUT2D eigenvalue weighted by Gasteiger charge is 2.22. The molecule has 0 aliphatic carbocycles. The second-order valence-corrected chi connectivity index (χ2v) is 6.72. The molecule has 2 aromatic rings. The van der Waals surface area contributed by atoms with Crippen LogP contribution < -0.4 is 4.52 Å². The smallest absolute Gasteiger partial charge is 0.382 e. The summed E-state index contributed by atoms with van der Waals surface area (Å²) in [6.45, 7) is -1.23. The van der Waals surface area contributed by atoms with Gasteiger partial charge in [0.05, 0.1) is 0 Å². The van der Waals surface area contributed by atoms with Crippen molar-refractivity contribution in [2.75, 3.05) is 14.2 Å². The first-order chi connectivity index (χ1) is 9.47. The molecule has 0 atom stereocenters. The molecule has 0 amide bonds. The summed E-state index contributed by atoms with van der Waals surface area (Å²) in [5.74, 6) is 0.138. The van der Waals surface area contributed by atoms with Crippen LogP contribution in [0.25, 0.3) is 5.82 Å². The third-order valence-electron chi connectivity index (χ3n) is 2.31. The van der Waals surface area contributed by atoms with Crippen molar-refractivity contribution in [1.29, 1.82) is 0 Å². The van der Waals surface area contributed by atoms with E-state index in [0.29, 0.717) is 5.82 Å². The molecular weight excluding hydrogens is 306 g/mol. The number of hydrogen-bond acceptors (Lipinski definition) is 7. The average molecular weight is 318 g/mol. The summed E-state index contributed by atoms with van der Waals surface area (Å²) in [5, 5.41) is 4.06. The molecule has 0 unspecified atom stereocenters. The number of halogens is 1. The first kappa shape index (κ1) is 15.0. The normalized spacial score (nSPS) is 11.6. The highest BCUT2D eigenvalue weighted by Crippen LogP contribution is 2.47. The number of pyridine rings is 1. The summed E-state index contributed by atoms with van der Waals surface area (Å²) < 4.78 is 29.7. The largest absolute Gasteiger partial charge is 0.388 e. The monoisotopic (exact) mass is 318 g/mol. The lowest BCUT2D eigenvalue weighted by Gasteiger charge is -2.14. The van der Waals surface area contributed by atoms with E-state index in [9.17, 15) is 4.39 Å². The number of aromatic nitrogens is 4. The molecule has 108 valence electrons. The van der Waals surface area contributed by atoms with Crippen LogP contribution in [0.1, 0.15) is 5.82 Å². The standard InChI is InChI=1S/C10H12FN4O3PS/c1-7-12-10(18-19(20,16-2)17-3)14-15(7)9-6-4-5-8(11)13-9/h4-6H,1-3H3. The molecule has 7 nitrogen and oxygen atoms in total. The fourth-order valence-electron chi connectivity index (χ4n) is 1.39. The molecule has 0 saturated carbocycles. The van der Waals surface area contributed by atoms with E-state index in [-0.39, 0.29) is 11.8 Å². The van der Waals surface area contributed by atoms with Crippen molar-refractivity contribution in [1.82, 2.24) is 19.7 Å². The Morgan fingerprint density at radius 3 is 2.55 bits per heavy atom. The van der Waals surface area contributed by atoms with Crippen LogP contribution in [0.2, 0.25) is 0 Å². The molecule has 10 heteroatoms. The van der Waals surface area contributed by atoms with Crippen molar-refractivity contribution in [3.05, 3.63) is 30.0 Å². The van der Waals surface area contributed by atoms with E-state index in [1.807, 2.05) is 0 Å². The Bertz CT molecular complexity index is 658. The van der Waals surface area contributed by atoms with E-state index in [0.717, 1.165) is 0 Å². The number of aryl methyl sites for hydroxylation is 1. The summed E-state index contributed by atoms with van der Waals surface area (Å²) in [6.07, 6.45) is 0. The van der Waals surface area contributed by atoms with Crippen molar-refractivity contribution in [3.63, 3.8) is 0 Å². The van der Waals surface area contributed by atoms with Gasteiger partial charge in [-0.15, -0.1) is 5.10 Å². The van der Waals surface area contributed by atoms with E-state index in [1.165, 1.54) is 31.0 Å². The first-order valence-corrected chi connectivity index (χ1v) is 8.01. The minimum absolute atomic E-state index is 0.0133. The molecule has 2 heterocycles. The van der Waals surface area contributed by atoms with E-state index < -0.39 is 12.7 Å². The van der Waals surface area contributed by atoms with Crippen LogP contribution in [0.3, 0.4) is 0 Å². The Morgan fingerprint density at radius 1 is 1.25 bits per heavy atom. The minimum Gasteiger partial charge on any atom is -0.388 e. The fourth-order valence-corrected chi connectivity index (χ4v) is 2.16. The minimum atomic E-state index is -2.91. The van der Waals surface area contributed by atoms with E-state index >= 15 is 0 Å². The molecule has 0 radical (unpaired) electrons. The van der Waals surface area contributed by atoms with Crippen molar-refractivity contribution in [2.24, 2.45) is 0 Å². The van der Waals surface area contributed by atoms with Gasteiger partial charge in [-0.1, -0.05) is 6.07 Å². The second-order valence-electron chi connectivity index (χ2n) is 3.58. The highest BCUT2D eigenvalue weighted by molar-refractivity contribution is 8.07. The summed E-state index contributed by atoms with van der Waals surface area (Å²) in [4.78, 5) is 7.78. The maximum Gasteiger partial charge on any atom is 0.382 e. The molecule has 0 aromatic carbocycles. The maximum absolute atomic E-state index is 13.1. The van der Waals surface area contributed by atoms with Gasteiger partial charge in [-0.25, -0.2) is 4.98 Å². The Labute approximate surface area is 120 Å². The van der Waals surface area contributed by atoms with Crippen LogP contribution in [-0.4, -0.2) is 34.0 Å². The van der Waals surface area contributed by atoms with Crippen LogP contribution >= 0.6 is 6.72 Å². The average Bonchev–Trinajstić information content (AvgIpc) is 2.79. The van der Waals surface area contributed by atoms with Gasteiger partial charge in [0, 0.05) is 26.0 Å². The fraction of sp³-hybridized carbons (Fsp3) is 0.300. The molecule has 0 aliphatic rings. The van der Waals surface area contributed by atoms with Crippen LogP contribution in [0, 0.1) is 12.9 Å². The summed E-state index contributed by atoms with van der Waals surface area (Å²) in [7, 11) is 2.75. The van der Waals surface area contributed by atoms with Crippen LogP contribution in [0.15, 0.2) is 18.2 Å². The van der Waals surface area contributed by atoms with Gasteiger partial charge < -0.3 is 13.6 Å². The molecule has 0 aliphatic heterocycles. The first-order valence-electron chi connectivity index (χ1n) is 5.45. The lowest BCUT2D eigenvalue weighted by Crippen LogP contribution is -2.03. The molecule has 2 rings (SSSR count). The van der Waals surface area contributed by atoms with Gasteiger partial charge in [0.25, 0.3) is 0 Å². The lowest BCUT2D eigenvalue weighted by molar-refractivity contribution is 0.267. The third kappa shape index (κ3) is 3.18. The van der Waals surface area contributed by atoms with E-state index in [4.69, 9.17) is 25.4 Å². The summed E-state index contributed by atoms with van der Waals surface area (Å²) in [6, 6.07) is 4.34. The van der Waals surface area contributed by atoms with Gasteiger partial charge in [0.15, 0.2) is 5.82 Å². The Morgan fingerprint density at radius 2 is 1.95 bits per heavy atom. The molecule has 20 heavy (non-hydrogen) atoms. The van der Waals surface area contributed by atoms with Crippen LogP contribution in [0.4, 0.5) is 4.39 Å². The van der Waals surface area contributed by atoms with Crippen molar-refractivity contribution in [3.8, 4) is 11.8 Å². The molecule has 0 saturated heterocycles. The van der Waals surface area contributed by atoms with Crippen molar-refractivity contribution in [2.45, 2.75) is 6.92 Å². The molecule has 0 spiro atoms. The van der Waals surface area contributed by atoms with Gasteiger partial charge in [0.2, 0.25) is 5.95 Å². The van der Waals surface area contributed by atoms with Gasteiger partial charge >= 0.3 is 12.7 Å². The van der Waals surface area contributed by atoms with Crippen molar-refractivity contribution < 1.29 is 18.0 Å². The van der Waals surface area contributed by atoms with E-state index in [2.05, 4.69) is 15.1 Å². The summed E-state index contributed by atoms with van der Waals surface area (Å²) in [5.41, 5.74) is 0. The third-order valence-corrected chi connectivity index (χ3v) is 4.71. The molecule has 0 fully saturated rings. The second kappa shape index (κ2) is 5.92. The quantitative estimate of drug-likeness (QED) is 0.617. The van der Waals surface area contributed by atoms with Gasteiger partial charge in [-0.3, -0.25) is 0 Å². The Balaban J connectivity index is 2.33. The van der Waals surface area contributed by atoms with E-state index in [1.54, 1.807) is 13.0 Å².